The SMILES string of the molecule is N#CC[C@H]1NCCc2ccccc21. The first-order valence-electron chi connectivity index (χ1n) is 4.60. The fraction of sp³-hybridized carbons (Fsp3) is 0.364. The van der Waals surface area contributed by atoms with Crippen molar-refractivity contribution in [2.24, 2.45) is 0 Å². The first kappa shape index (κ1) is 8.28. The molecule has 0 saturated carbocycles. The molecular weight excluding hydrogens is 160 g/mol. The summed E-state index contributed by atoms with van der Waals surface area (Å²) >= 11 is 0. The predicted molar refractivity (Wildman–Crippen MR) is 51.1 cm³/mol. The van der Waals surface area contributed by atoms with E-state index in [1.54, 1.807) is 0 Å². The number of fused-ring (bicyclic) bond motifs is 1. The lowest BCUT2D eigenvalue weighted by molar-refractivity contribution is 0.513. The summed E-state index contributed by atoms with van der Waals surface area (Å²) in [6.45, 7) is 0.989. The molecule has 0 radical (unpaired) electrons. The molecule has 2 rings (SSSR count). The van der Waals surface area contributed by atoms with E-state index in [1.807, 2.05) is 6.07 Å². The van der Waals surface area contributed by atoms with Gasteiger partial charge in [-0.1, -0.05) is 24.3 Å². The number of nitrogens with one attached hydrogen (secondary N) is 1. The van der Waals surface area contributed by atoms with Gasteiger partial charge < -0.3 is 5.32 Å². The van der Waals surface area contributed by atoms with Crippen molar-refractivity contribution in [3.8, 4) is 6.07 Å². The summed E-state index contributed by atoms with van der Waals surface area (Å²) in [6.07, 6.45) is 1.65. The predicted octanol–water partition coefficient (Wildman–Crippen LogP) is 1.79. The Kier molecular flexibility index (Phi) is 2.29. The molecule has 0 fully saturated rings. The summed E-state index contributed by atoms with van der Waals surface area (Å²) in [7, 11) is 0. The minimum Gasteiger partial charge on any atom is -0.309 e. The van der Waals surface area contributed by atoms with Gasteiger partial charge in [0, 0.05) is 6.04 Å². The van der Waals surface area contributed by atoms with Gasteiger partial charge in [-0.2, -0.15) is 5.26 Å². The topological polar surface area (TPSA) is 35.8 Å². The van der Waals surface area contributed by atoms with E-state index >= 15 is 0 Å². The van der Waals surface area contributed by atoms with E-state index in [4.69, 9.17) is 5.26 Å². The highest BCUT2D eigenvalue weighted by molar-refractivity contribution is 5.32. The third-order valence-corrected chi connectivity index (χ3v) is 2.51. The molecule has 1 aromatic carbocycles. The Bertz CT molecular complexity index is 338. The Morgan fingerprint density at radius 3 is 3.15 bits per heavy atom. The number of benzene rings is 1. The zero-order chi connectivity index (χ0) is 9.10. The Morgan fingerprint density at radius 2 is 2.31 bits per heavy atom. The van der Waals surface area contributed by atoms with Crippen molar-refractivity contribution in [1.29, 1.82) is 5.26 Å². The van der Waals surface area contributed by atoms with E-state index in [-0.39, 0.29) is 6.04 Å². The van der Waals surface area contributed by atoms with Gasteiger partial charge >= 0.3 is 0 Å². The van der Waals surface area contributed by atoms with E-state index < -0.39 is 0 Å². The normalized spacial score (nSPS) is 20.4. The highest BCUT2D eigenvalue weighted by Gasteiger charge is 2.17. The average Bonchev–Trinajstić information content (AvgIpc) is 2.19. The monoisotopic (exact) mass is 172 g/mol. The lowest BCUT2D eigenvalue weighted by atomic mass is 9.93. The molecule has 2 nitrogen and oxygen atoms in total. The lowest BCUT2D eigenvalue weighted by Crippen LogP contribution is -2.29. The molecule has 66 valence electrons. The van der Waals surface area contributed by atoms with Crippen molar-refractivity contribution in [3.05, 3.63) is 35.4 Å². The summed E-state index contributed by atoms with van der Waals surface area (Å²) in [4.78, 5) is 0. The summed E-state index contributed by atoms with van der Waals surface area (Å²) in [6, 6.07) is 10.8. The minimum absolute atomic E-state index is 0.245. The summed E-state index contributed by atoms with van der Waals surface area (Å²) in [5, 5.41) is 12.0. The van der Waals surface area contributed by atoms with Crippen LogP contribution in [0.1, 0.15) is 23.6 Å². The molecular formula is C11H12N2. The highest BCUT2D eigenvalue weighted by atomic mass is 14.9. The third-order valence-electron chi connectivity index (χ3n) is 2.51. The Labute approximate surface area is 78.2 Å². The second kappa shape index (κ2) is 3.59. The van der Waals surface area contributed by atoms with E-state index in [0.717, 1.165) is 13.0 Å². The molecule has 1 aliphatic heterocycles. The van der Waals surface area contributed by atoms with Gasteiger partial charge in [-0.05, 0) is 24.1 Å². The molecule has 1 aromatic rings. The molecule has 1 aliphatic rings. The van der Waals surface area contributed by atoms with E-state index in [1.165, 1.54) is 11.1 Å². The van der Waals surface area contributed by atoms with Gasteiger partial charge in [0.1, 0.15) is 0 Å². The molecule has 2 heteroatoms. The van der Waals surface area contributed by atoms with Crippen LogP contribution in [-0.4, -0.2) is 6.54 Å². The van der Waals surface area contributed by atoms with Crippen LogP contribution in [0.3, 0.4) is 0 Å². The van der Waals surface area contributed by atoms with Crippen LogP contribution >= 0.6 is 0 Å². The molecule has 0 spiro atoms. The molecule has 0 amide bonds. The second-order valence-electron chi connectivity index (χ2n) is 3.32. The number of hydrogen-bond acceptors (Lipinski definition) is 2. The molecule has 1 heterocycles. The standard InChI is InChI=1S/C11H12N2/c12-7-5-11-10-4-2-1-3-9(10)6-8-13-11/h1-4,11,13H,5-6,8H2/t11-/m1/s1. The van der Waals surface area contributed by atoms with Gasteiger partial charge in [-0.3, -0.25) is 0 Å². The van der Waals surface area contributed by atoms with Crippen molar-refractivity contribution < 1.29 is 0 Å². The van der Waals surface area contributed by atoms with Crippen LogP contribution in [0, 0.1) is 11.3 Å². The van der Waals surface area contributed by atoms with Crippen LogP contribution < -0.4 is 5.32 Å². The van der Waals surface area contributed by atoms with Crippen molar-refractivity contribution in [3.63, 3.8) is 0 Å². The molecule has 0 aromatic heterocycles. The molecule has 0 unspecified atom stereocenters. The van der Waals surface area contributed by atoms with E-state index in [9.17, 15) is 0 Å². The van der Waals surface area contributed by atoms with Crippen LogP contribution in [0.5, 0.6) is 0 Å². The maximum absolute atomic E-state index is 8.65. The number of rotatable bonds is 1. The second-order valence-corrected chi connectivity index (χ2v) is 3.32. The van der Waals surface area contributed by atoms with Crippen molar-refractivity contribution in [2.75, 3.05) is 6.54 Å². The summed E-state index contributed by atoms with van der Waals surface area (Å²) in [5.74, 6) is 0. The number of hydrogen-bond donors (Lipinski definition) is 1. The first-order chi connectivity index (χ1) is 6.42. The van der Waals surface area contributed by atoms with Crippen LogP contribution in [-0.2, 0) is 6.42 Å². The molecule has 0 aliphatic carbocycles. The average molecular weight is 172 g/mol. The molecule has 1 N–H and O–H groups in total. The van der Waals surface area contributed by atoms with Crippen molar-refractivity contribution in [2.45, 2.75) is 18.9 Å². The van der Waals surface area contributed by atoms with Crippen LogP contribution in [0.4, 0.5) is 0 Å². The lowest BCUT2D eigenvalue weighted by Gasteiger charge is -2.24. The van der Waals surface area contributed by atoms with Crippen LogP contribution in [0.15, 0.2) is 24.3 Å². The van der Waals surface area contributed by atoms with Gasteiger partial charge in [0.25, 0.3) is 0 Å². The van der Waals surface area contributed by atoms with Gasteiger partial charge in [0.2, 0.25) is 0 Å². The maximum Gasteiger partial charge on any atom is 0.0641 e. The number of nitrogens with zero attached hydrogens (tertiary/aromatic N) is 1. The van der Waals surface area contributed by atoms with Crippen LogP contribution in [0.25, 0.3) is 0 Å². The quantitative estimate of drug-likeness (QED) is 0.701. The van der Waals surface area contributed by atoms with Crippen LogP contribution in [0.2, 0.25) is 0 Å². The molecule has 0 bridgehead atoms. The van der Waals surface area contributed by atoms with Gasteiger partial charge in [-0.25, -0.2) is 0 Å². The molecule has 0 saturated heterocycles. The molecule has 13 heavy (non-hydrogen) atoms. The third kappa shape index (κ3) is 1.56. The van der Waals surface area contributed by atoms with Crippen molar-refractivity contribution >= 4 is 0 Å². The van der Waals surface area contributed by atoms with Crippen molar-refractivity contribution in [1.82, 2.24) is 5.32 Å². The Hall–Kier alpha value is -1.33. The smallest absolute Gasteiger partial charge is 0.0641 e. The zero-order valence-corrected chi connectivity index (χ0v) is 7.46. The Morgan fingerprint density at radius 1 is 1.46 bits per heavy atom. The highest BCUT2D eigenvalue weighted by Crippen LogP contribution is 2.24. The zero-order valence-electron chi connectivity index (χ0n) is 7.46. The van der Waals surface area contributed by atoms with Gasteiger partial charge in [-0.15, -0.1) is 0 Å². The Balaban J connectivity index is 2.32. The van der Waals surface area contributed by atoms with E-state index in [2.05, 4.69) is 29.6 Å². The van der Waals surface area contributed by atoms with Gasteiger partial charge in [0.05, 0.1) is 12.5 Å². The van der Waals surface area contributed by atoms with Gasteiger partial charge in [0.15, 0.2) is 0 Å². The summed E-state index contributed by atoms with van der Waals surface area (Å²) in [5.41, 5.74) is 2.69. The van der Waals surface area contributed by atoms with E-state index in [0.29, 0.717) is 6.42 Å². The maximum atomic E-state index is 8.65. The largest absolute Gasteiger partial charge is 0.309 e. The minimum atomic E-state index is 0.245. The fourth-order valence-corrected chi connectivity index (χ4v) is 1.87. The molecule has 1 atom stereocenters. The number of nitriles is 1. The summed E-state index contributed by atoms with van der Waals surface area (Å²) < 4.78 is 0. The fourth-order valence-electron chi connectivity index (χ4n) is 1.87. The first-order valence-corrected chi connectivity index (χ1v) is 4.60.